The maximum atomic E-state index is 13.1. The molecule has 0 unspecified atom stereocenters. The molecule has 140 valence electrons. The Labute approximate surface area is 152 Å². The van der Waals surface area contributed by atoms with Gasteiger partial charge in [-0.15, -0.1) is 5.10 Å². The fourth-order valence-corrected chi connectivity index (χ4v) is 4.09. The number of rotatable bonds is 3. The predicted molar refractivity (Wildman–Crippen MR) is 94.4 cm³/mol. The molecule has 1 saturated heterocycles. The molecule has 8 heteroatoms. The SMILES string of the molecule is Cc1cc([C@H]2CCCCN2C(=O)c2cn(C3CCC(N)CC3)nn2)no1. The van der Waals surface area contributed by atoms with Gasteiger partial charge in [0.05, 0.1) is 18.3 Å². The number of nitrogens with two attached hydrogens (primary N) is 1. The summed E-state index contributed by atoms with van der Waals surface area (Å²) in [7, 11) is 0. The molecule has 0 bridgehead atoms. The van der Waals surface area contributed by atoms with Crippen LogP contribution in [-0.4, -0.2) is 43.5 Å². The molecule has 2 N–H and O–H groups in total. The average Bonchev–Trinajstić information content (AvgIpc) is 3.31. The van der Waals surface area contributed by atoms with Gasteiger partial charge in [0.2, 0.25) is 0 Å². The van der Waals surface area contributed by atoms with Crippen molar-refractivity contribution in [2.75, 3.05) is 6.54 Å². The van der Waals surface area contributed by atoms with Crippen molar-refractivity contribution in [2.45, 2.75) is 70.0 Å². The highest BCUT2D eigenvalue weighted by Crippen LogP contribution is 2.32. The fourth-order valence-electron chi connectivity index (χ4n) is 4.09. The molecule has 4 rings (SSSR count). The van der Waals surface area contributed by atoms with Gasteiger partial charge in [-0.3, -0.25) is 4.79 Å². The second kappa shape index (κ2) is 7.19. The molecule has 1 saturated carbocycles. The van der Waals surface area contributed by atoms with Crippen molar-refractivity contribution in [3.63, 3.8) is 0 Å². The quantitative estimate of drug-likeness (QED) is 0.903. The van der Waals surface area contributed by atoms with Crippen LogP contribution in [0, 0.1) is 6.92 Å². The van der Waals surface area contributed by atoms with Gasteiger partial charge >= 0.3 is 0 Å². The Morgan fingerprint density at radius 1 is 1.23 bits per heavy atom. The molecule has 1 atom stereocenters. The van der Waals surface area contributed by atoms with E-state index in [-0.39, 0.29) is 18.0 Å². The van der Waals surface area contributed by atoms with E-state index in [4.69, 9.17) is 10.3 Å². The molecular weight excluding hydrogens is 332 g/mol. The van der Waals surface area contributed by atoms with Crippen molar-refractivity contribution >= 4 is 5.91 Å². The maximum absolute atomic E-state index is 13.1. The fraction of sp³-hybridized carbons (Fsp3) is 0.667. The van der Waals surface area contributed by atoms with Gasteiger partial charge < -0.3 is 15.2 Å². The van der Waals surface area contributed by atoms with Crippen LogP contribution >= 0.6 is 0 Å². The van der Waals surface area contributed by atoms with Crippen LogP contribution in [0.4, 0.5) is 0 Å². The summed E-state index contributed by atoms with van der Waals surface area (Å²) < 4.78 is 7.06. The van der Waals surface area contributed by atoms with Gasteiger partial charge in [0.1, 0.15) is 11.5 Å². The van der Waals surface area contributed by atoms with Crippen molar-refractivity contribution in [1.82, 2.24) is 25.1 Å². The first-order valence-corrected chi connectivity index (χ1v) is 9.53. The third kappa shape index (κ3) is 3.38. The standard InChI is InChI=1S/C18H26N6O2/c1-12-10-15(21-26-12)17-4-2-3-9-23(17)18(25)16-11-24(22-20-16)14-7-5-13(19)6-8-14/h10-11,13-14,17H,2-9,19H2,1H3/t13?,14?,17-/m1/s1. The van der Waals surface area contributed by atoms with Crippen molar-refractivity contribution in [2.24, 2.45) is 5.73 Å². The summed E-state index contributed by atoms with van der Waals surface area (Å²) in [6.07, 6.45) is 8.73. The van der Waals surface area contributed by atoms with Crippen LogP contribution in [0.3, 0.4) is 0 Å². The minimum absolute atomic E-state index is 0.0495. The summed E-state index contributed by atoms with van der Waals surface area (Å²) in [5.41, 5.74) is 7.21. The third-order valence-corrected chi connectivity index (χ3v) is 5.60. The summed E-state index contributed by atoms with van der Waals surface area (Å²) in [5, 5.41) is 12.5. The third-order valence-electron chi connectivity index (χ3n) is 5.60. The molecular formula is C18H26N6O2. The summed E-state index contributed by atoms with van der Waals surface area (Å²) >= 11 is 0. The zero-order valence-electron chi connectivity index (χ0n) is 15.2. The second-order valence-corrected chi connectivity index (χ2v) is 7.52. The molecule has 2 aromatic heterocycles. The minimum Gasteiger partial charge on any atom is -0.361 e. The lowest BCUT2D eigenvalue weighted by atomic mass is 9.92. The molecule has 8 nitrogen and oxygen atoms in total. The van der Waals surface area contributed by atoms with Crippen LogP contribution in [0.15, 0.2) is 16.8 Å². The van der Waals surface area contributed by atoms with Gasteiger partial charge in [-0.1, -0.05) is 10.4 Å². The number of carbonyl (C=O) groups is 1. The first-order valence-electron chi connectivity index (χ1n) is 9.53. The van der Waals surface area contributed by atoms with Crippen LogP contribution in [0.2, 0.25) is 0 Å². The molecule has 1 aliphatic carbocycles. The number of nitrogens with zero attached hydrogens (tertiary/aromatic N) is 5. The predicted octanol–water partition coefficient (Wildman–Crippen LogP) is 2.38. The lowest BCUT2D eigenvalue weighted by Gasteiger charge is -2.33. The van der Waals surface area contributed by atoms with Gasteiger partial charge in [0.25, 0.3) is 5.91 Å². The second-order valence-electron chi connectivity index (χ2n) is 7.52. The monoisotopic (exact) mass is 358 g/mol. The van der Waals surface area contributed by atoms with E-state index in [0.29, 0.717) is 18.3 Å². The number of aromatic nitrogens is 4. The van der Waals surface area contributed by atoms with Crippen LogP contribution in [0.1, 0.15) is 79.0 Å². The Bertz CT molecular complexity index is 761. The molecule has 1 aliphatic heterocycles. The molecule has 1 amide bonds. The number of carbonyl (C=O) groups excluding carboxylic acids is 1. The van der Waals surface area contributed by atoms with Gasteiger partial charge in [-0.2, -0.15) is 0 Å². The number of hydrogen-bond acceptors (Lipinski definition) is 6. The van der Waals surface area contributed by atoms with E-state index in [1.54, 1.807) is 6.20 Å². The highest BCUT2D eigenvalue weighted by Gasteiger charge is 2.32. The van der Waals surface area contributed by atoms with E-state index < -0.39 is 0 Å². The molecule has 0 spiro atoms. The Morgan fingerprint density at radius 3 is 2.77 bits per heavy atom. The lowest BCUT2D eigenvalue weighted by Crippen LogP contribution is -2.38. The van der Waals surface area contributed by atoms with E-state index in [1.807, 2.05) is 22.6 Å². The van der Waals surface area contributed by atoms with E-state index in [0.717, 1.165) is 56.4 Å². The number of likely N-dealkylation sites (tertiary alicyclic amines) is 1. The van der Waals surface area contributed by atoms with E-state index in [9.17, 15) is 4.79 Å². The maximum Gasteiger partial charge on any atom is 0.276 e. The van der Waals surface area contributed by atoms with Gasteiger partial charge in [-0.25, -0.2) is 4.68 Å². The van der Waals surface area contributed by atoms with Crippen LogP contribution in [0.25, 0.3) is 0 Å². The average molecular weight is 358 g/mol. The van der Waals surface area contributed by atoms with Gasteiger partial charge in [-0.05, 0) is 51.9 Å². The van der Waals surface area contributed by atoms with Crippen LogP contribution in [0.5, 0.6) is 0 Å². The number of amides is 1. The molecule has 0 radical (unpaired) electrons. The summed E-state index contributed by atoms with van der Waals surface area (Å²) in [6.45, 7) is 2.58. The zero-order chi connectivity index (χ0) is 18.1. The van der Waals surface area contributed by atoms with E-state index in [1.165, 1.54) is 0 Å². The molecule has 2 aliphatic rings. The topological polar surface area (TPSA) is 103 Å². The van der Waals surface area contributed by atoms with Crippen LogP contribution < -0.4 is 5.73 Å². The first kappa shape index (κ1) is 17.2. The summed E-state index contributed by atoms with van der Waals surface area (Å²) in [4.78, 5) is 14.9. The summed E-state index contributed by atoms with van der Waals surface area (Å²) in [5.74, 6) is 0.688. The van der Waals surface area contributed by atoms with Crippen molar-refractivity contribution < 1.29 is 9.32 Å². The minimum atomic E-state index is -0.0749. The number of aryl methyl sites for hydroxylation is 1. The lowest BCUT2D eigenvalue weighted by molar-refractivity contribution is 0.0595. The molecule has 2 fully saturated rings. The van der Waals surface area contributed by atoms with E-state index in [2.05, 4.69) is 15.5 Å². The molecule has 26 heavy (non-hydrogen) atoms. The first-order chi connectivity index (χ1) is 12.6. The van der Waals surface area contributed by atoms with Gasteiger partial charge in [0, 0.05) is 18.7 Å². The normalized spacial score (nSPS) is 26.8. The molecule has 3 heterocycles. The van der Waals surface area contributed by atoms with Crippen molar-refractivity contribution in [3.05, 3.63) is 29.4 Å². The summed E-state index contributed by atoms with van der Waals surface area (Å²) in [6, 6.07) is 2.44. The number of piperidine rings is 1. The molecule has 2 aromatic rings. The smallest absolute Gasteiger partial charge is 0.276 e. The molecule has 0 aromatic carbocycles. The largest absolute Gasteiger partial charge is 0.361 e. The van der Waals surface area contributed by atoms with Crippen molar-refractivity contribution in [3.8, 4) is 0 Å². The number of hydrogen-bond donors (Lipinski definition) is 1. The van der Waals surface area contributed by atoms with Gasteiger partial charge in [0.15, 0.2) is 5.69 Å². The Balaban J connectivity index is 1.51. The Morgan fingerprint density at radius 2 is 2.04 bits per heavy atom. The Hall–Kier alpha value is -2.22. The van der Waals surface area contributed by atoms with Crippen molar-refractivity contribution in [1.29, 1.82) is 0 Å². The Kier molecular flexibility index (Phi) is 4.76. The van der Waals surface area contributed by atoms with Crippen LogP contribution in [-0.2, 0) is 0 Å². The van der Waals surface area contributed by atoms with E-state index >= 15 is 0 Å². The highest BCUT2D eigenvalue weighted by atomic mass is 16.5. The highest BCUT2D eigenvalue weighted by molar-refractivity contribution is 5.92. The zero-order valence-corrected chi connectivity index (χ0v) is 15.2.